The molecule has 0 aliphatic carbocycles. The molecule has 2 amide bonds. The van der Waals surface area contributed by atoms with Crippen LogP contribution in [0, 0.1) is 0 Å². The van der Waals surface area contributed by atoms with E-state index in [1.165, 1.54) is 0 Å². The first-order valence-corrected chi connectivity index (χ1v) is 21.9. The Hall–Kier alpha value is -5.31. The highest BCUT2D eigenvalue weighted by molar-refractivity contribution is 6.93. The van der Waals surface area contributed by atoms with Gasteiger partial charge in [-0.25, -0.2) is 44.7 Å². The van der Waals surface area contributed by atoms with Crippen LogP contribution in [0.5, 0.6) is 0 Å². The Labute approximate surface area is 403 Å². The second-order valence-electron chi connectivity index (χ2n) is 13.1. The third-order valence-corrected chi connectivity index (χ3v) is 9.00. The highest BCUT2D eigenvalue weighted by Crippen LogP contribution is 2.15. The summed E-state index contributed by atoms with van der Waals surface area (Å²) in [6.45, 7) is 3.69. The Balaban J connectivity index is 0.000000308. The molecule has 0 saturated heterocycles. The predicted octanol–water partition coefficient (Wildman–Crippen LogP) is 8.37. The minimum atomic E-state index is -0.889. The highest BCUT2D eigenvalue weighted by atomic mass is 35.5. The number of nitrogens with two attached hydrogens (primary N) is 3. The Morgan fingerprint density at radius 2 is 1.17 bits per heavy atom. The van der Waals surface area contributed by atoms with Crippen LogP contribution in [-0.2, 0) is 25.9 Å². The zero-order chi connectivity index (χ0) is 46.4. The van der Waals surface area contributed by atoms with Gasteiger partial charge in [-0.15, -0.1) is 0 Å². The number of urea groups is 1. The Kier molecular flexibility index (Phi) is 28.5. The molecular formula is C42H55Cl5N16O2. The molecule has 0 radical (unpaired) electrons. The van der Waals surface area contributed by atoms with Gasteiger partial charge in [0.05, 0.1) is 0 Å². The first kappa shape index (κ1) is 55.8. The summed E-state index contributed by atoms with van der Waals surface area (Å²) >= 11 is 25.8. The van der Waals surface area contributed by atoms with Gasteiger partial charge in [0.25, 0.3) is 0 Å². The van der Waals surface area contributed by atoms with Crippen LogP contribution in [0.4, 0.5) is 15.4 Å². The van der Waals surface area contributed by atoms with E-state index in [2.05, 4.69) is 89.0 Å². The molecule has 0 aliphatic heterocycles. The number of nitrogens with zero attached hydrogens (tertiary/aromatic N) is 8. The van der Waals surface area contributed by atoms with Gasteiger partial charge >= 0.3 is 10.7 Å². The van der Waals surface area contributed by atoms with E-state index in [-0.39, 0.29) is 18.7 Å². The Bertz CT molecular complexity index is 2350. The van der Waals surface area contributed by atoms with Crippen molar-refractivity contribution in [3.63, 3.8) is 0 Å². The van der Waals surface area contributed by atoms with Gasteiger partial charge in [0.15, 0.2) is 0 Å². The van der Waals surface area contributed by atoms with Gasteiger partial charge in [-0.2, -0.15) is 0 Å². The van der Waals surface area contributed by atoms with E-state index >= 15 is 0 Å². The molecule has 0 aromatic carbocycles. The average molecular weight is 993 g/mol. The van der Waals surface area contributed by atoms with Crippen LogP contribution >= 0.6 is 58.0 Å². The molecule has 7 rings (SSSR count). The third-order valence-electron chi connectivity index (χ3n) is 8.43. The Morgan fingerprint density at radius 3 is 1.77 bits per heavy atom. The summed E-state index contributed by atoms with van der Waals surface area (Å²) in [6.07, 6.45) is 18.8. The number of fused-ring (bicyclic) bond motifs is 2. The van der Waals surface area contributed by atoms with Gasteiger partial charge in [0.1, 0.15) is 28.1 Å². The summed E-state index contributed by atoms with van der Waals surface area (Å²) in [5.74, 6) is 1.47. The molecule has 18 nitrogen and oxygen atoms in total. The van der Waals surface area contributed by atoms with Crippen molar-refractivity contribution in [1.29, 1.82) is 0 Å². The fraction of sp³-hybridized carbons (Fsp3) is 0.333. The van der Waals surface area contributed by atoms with E-state index < -0.39 is 4.70 Å². The zero-order valence-electron chi connectivity index (χ0n) is 34.8. The van der Waals surface area contributed by atoms with Gasteiger partial charge in [-0.05, 0) is 152 Å². The number of nitrogens with one attached hydrogen (secondary N) is 5. The summed E-state index contributed by atoms with van der Waals surface area (Å²) in [4.78, 5) is 59.1. The molecule has 0 fully saturated rings. The minimum absolute atomic E-state index is 0. The summed E-state index contributed by atoms with van der Waals surface area (Å²) < 4.78 is -0.889. The molecule has 0 atom stereocenters. The number of aryl methyl sites for hydroxylation is 2. The molecule has 11 N–H and O–H groups in total. The lowest BCUT2D eigenvalue weighted by molar-refractivity contribution is 0.240. The topological polar surface area (TPSA) is 283 Å². The number of anilines is 1. The van der Waals surface area contributed by atoms with Gasteiger partial charge in [0.2, 0.25) is 10.6 Å². The number of halogens is 5. The quantitative estimate of drug-likeness (QED) is 0.0195. The van der Waals surface area contributed by atoms with Crippen molar-refractivity contribution in [2.75, 3.05) is 31.5 Å². The second kappa shape index (κ2) is 33.2. The SMILES string of the molecule is C.NCCCCc1ccnc(Cl)n1.NCCCCc1nccc(Cl)n1.NCc1ccnc2[nH]ccc12.O=C(Cl)Cl.O=C(NCCCNc1ccnc(Cl)n1)NCc1ccnc2[nH]ccc12. The zero-order valence-corrected chi connectivity index (χ0v) is 38.6. The van der Waals surface area contributed by atoms with Crippen molar-refractivity contribution in [3.05, 3.63) is 124 Å². The lowest BCUT2D eigenvalue weighted by atomic mass is 10.2. The van der Waals surface area contributed by atoms with E-state index in [0.29, 0.717) is 42.4 Å². The monoisotopic (exact) mass is 990 g/mol. The Morgan fingerprint density at radius 1 is 0.600 bits per heavy atom. The normalized spacial score (nSPS) is 10.0. The number of aromatic amines is 2. The van der Waals surface area contributed by atoms with Crippen molar-refractivity contribution in [1.82, 2.24) is 60.5 Å². The van der Waals surface area contributed by atoms with Crippen LogP contribution < -0.4 is 33.2 Å². The first-order valence-electron chi connectivity index (χ1n) is 20.0. The van der Waals surface area contributed by atoms with E-state index in [9.17, 15) is 4.79 Å². The van der Waals surface area contributed by atoms with Crippen LogP contribution in [0.25, 0.3) is 22.1 Å². The number of rotatable bonds is 16. The maximum Gasteiger partial charge on any atom is 0.315 e. The van der Waals surface area contributed by atoms with Crippen LogP contribution in [0.1, 0.15) is 62.2 Å². The molecule has 7 heterocycles. The van der Waals surface area contributed by atoms with Crippen molar-refractivity contribution in [2.45, 2.75) is 65.5 Å². The molecule has 0 unspecified atom stereocenters. The number of unbranched alkanes of at least 4 members (excludes halogenated alkanes) is 2. The van der Waals surface area contributed by atoms with Gasteiger partial charge in [-0.1, -0.05) is 19.0 Å². The minimum Gasteiger partial charge on any atom is -0.370 e. The van der Waals surface area contributed by atoms with Crippen molar-refractivity contribution in [3.8, 4) is 0 Å². The number of H-pyrrole nitrogens is 2. The van der Waals surface area contributed by atoms with Crippen LogP contribution in [-0.4, -0.2) is 86.8 Å². The molecule has 0 aliphatic rings. The molecule has 0 spiro atoms. The molecular weight excluding hydrogens is 938 g/mol. The maximum atomic E-state index is 11.9. The van der Waals surface area contributed by atoms with Crippen molar-refractivity contribution in [2.24, 2.45) is 17.2 Å². The number of aromatic nitrogens is 10. The summed E-state index contributed by atoms with van der Waals surface area (Å²) in [5.41, 5.74) is 21.1. The first-order chi connectivity index (χ1) is 31.0. The summed E-state index contributed by atoms with van der Waals surface area (Å²) in [6, 6.07) is 12.9. The van der Waals surface area contributed by atoms with E-state index in [4.69, 9.17) is 56.8 Å². The number of amides is 2. The number of hydrogen-bond acceptors (Lipinski definition) is 14. The fourth-order valence-corrected chi connectivity index (χ4v) is 5.89. The van der Waals surface area contributed by atoms with Crippen LogP contribution in [0.2, 0.25) is 15.7 Å². The number of hydrogen-bond donors (Lipinski definition) is 8. The lowest BCUT2D eigenvalue weighted by Crippen LogP contribution is -2.36. The molecule has 23 heteroatoms. The van der Waals surface area contributed by atoms with Crippen molar-refractivity contribution < 1.29 is 9.59 Å². The van der Waals surface area contributed by atoms with Crippen molar-refractivity contribution >= 4 is 96.6 Å². The van der Waals surface area contributed by atoms with E-state index in [1.54, 1.807) is 43.1 Å². The lowest BCUT2D eigenvalue weighted by Gasteiger charge is -2.09. The predicted molar refractivity (Wildman–Crippen MR) is 262 cm³/mol. The average Bonchev–Trinajstić information content (AvgIpc) is 3.98. The standard InChI is InChI=1S/C16H18ClN7O.2C8H12ClN3.C8H9N3.CCl2O.CH4/c17-15-21-9-4-13(24-15)18-5-1-6-22-16(25)23-10-11-2-7-19-14-12(11)3-8-20-14;9-7-4-6-11-8(12-7)3-1-2-5-10;9-8-11-6-4-7(12-8)3-1-2-5-10;9-5-6-1-3-10-8-7(6)2-4-11-8;2-1(3)4;/h2-4,7-9H,1,5-6,10H2,(H,19,20)(H,18,21,24)(H2,22,23,25);2*4,6H,1-3,5,10H2;1-4H,5,9H2,(H,10,11);;1H4. The highest BCUT2D eigenvalue weighted by Gasteiger charge is 2.05. The second-order valence-corrected chi connectivity index (χ2v) is 15.0. The number of carbonyl (C=O) groups is 2. The van der Waals surface area contributed by atoms with Gasteiger partial charge in [0, 0.05) is 92.4 Å². The van der Waals surface area contributed by atoms with Crippen LogP contribution in [0.15, 0.2) is 85.8 Å². The molecule has 0 saturated carbocycles. The molecule has 0 bridgehead atoms. The fourth-order valence-electron chi connectivity index (χ4n) is 5.43. The maximum absolute atomic E-state index is 11.9. The smallest absolute Gasteiger partial charge is 0.315 e. The molecule has 7 aromatic heterocycles. The number of pyridine rings is 2. The van der Waals surface area contributed by atoms with E-state index in [1.807, 2.05) is 42.7 Å². The molecule has 65 heavy (non-hydrogen) atoms. The van der Waals surface area contributed by atoms with Crippen LogP contribution in [0.3, 0.4) is 0 Å². The molecule has 350 valence electrons. The third kappa shape index (κ3) is 23.4. The van der Waals surface area contributed by atoms with Gasteiger partial charge in [-0.3, -0.25) is 4.79 Å². The largest absolute Gasteiger partial charge is 0.370 e. The van der Waals surface area contributed by atoms with E-state index in [0.717, 1.165) is 103 Å². The molecule has 7 aromatic rings. The summed E-state index contributed by atoms with van der Waals surface area (Å²) in [5, 5.41) is 11.9. The number of carbonyl (C=O) groups excluding carboxylic acids is 2. The van der Waals surface area contributed by atoms with Gasteiger partial charge < -0.3 is 43.1 Å². The summed E-state index contributed by atoms with van der Waals surface area (Å²) in [7, 11) is 0.